The Balaban J connectivity index is 1.50. The maximum absolute atomic E-state index is 11.4. The lowest BCUT2D eigenvalue weighted by Gasteiger charge is -2.34. The summed E-state index contributed by atoms with van der Waals surface area (Å²) in [5, 5.41) is -0.0468. The molecule has 0 bridgehead atoms. The lowest BCUT2D eigenvalue weighted by atomic mass is 9.92. The van der Waals surface area contributed by atoms with Gasteiger partial charge in [0.2, 0.25) is 0 Å². The first kappa shape index (κ1) is 16.8. The lowest BCUT2D eigenvalue weighted by molar-refractivity contribution is -0.107. The molecular formula is C19H28N2OS. The van der Waals surface area contributed by atoms with Crippen molar-refractivity contribution in [2.24, 2.45) is 5.92 Å². The highest BCUT2D eigenvalue weighted by atomic mass is 32.2. The number of fused-ring (bicyclic) bond motifs is 1. The van der Waals surface area contributed by atoms with Gasteiger partial charge in [0.15, 0.2) is 6.29 Å². The number of hydrogen-bond acceptors (Lipinski definition) is 4. The molecule has 0 N–H and O–H groups in total. The van der Waals surface area contributed by atoms with Crippen LogP contribution in [0.15, 0.2) is 29.2 Å². The van der Waals surface area contributed by atoms with Gasteiger partial charge < -0.3 is 14.6 Å². The second-order valence-electron chi connectivity index (χ2n) is 6.73. The highest BCUT2D eigenvalue weighted by molar-refractivity contribution is 8.01. The van der Waals surface area contributed by atoms with Gasteiger partial charge in [-0.2, -0.15) is 0 Å². The molecule has 0 saturated carbocycles. The topological polar surface area (TPSA) is 23.6 Å². The first-order valence-corrected chi connectivity index (χ1v) is 9.89. The summed E-state index contributed by atoms with van der Waals surface area (Å²) in [6, 6.07) is 8.38. The maximum Gasteiger partial charge on any atom is 0.153 e. The third-order valence-electron chi connectivity index (χ3n) is 5.18. The Hall–Kier alpha value is -1.00. The van der Waals surface area contributed by atoms with Crippen molar-refractivity contribution >= 4 is 23.7 Å². The predicted molar refractivity (Wildman–Crippen MR) is 98.2 cm³/mol. The van der Waals surface area contributed by atoms with Gasteiger partial charge in [0.1, 0.15) is 5.37 Å². The SMILES string of the molecule is CCCCC1CCN(CCN2c3ccccc3SC2C=O)CC1. The third-order valence-corrected chi connectivity index (χ3v) is 6.38. The second-order valence-corrected chi connectivity index (χ2v) is 7.89. The van der Waals surface area contributed by atoms with Gasteiger partial charge in [-0.15, -0.1) is 0 Å². The van der Waals surface area contributed by atoms with Crippen LogP contribution in [0.1, 0.15) is 39.0 Å². The summed E-state index contributed by atoms with van der Waals surface area (Å²) in [6.07, 6.45) is 7.90. The Labute approximate surface area is 144 Å². The quantitative estimate of drug-likeness (QED) is 0.704. The van der Waals surface area contributed by atoms with Crippen LogP contribution in [-0.2, 0) is 4.79 Å². The van der Waals surface area contributed by atoms with E-state index >= 15 is 0 Å². The van der Waals surface area contributed by atoms with Crippen molar-refractivity contribution in [3.8, 4) is 0 Å². The smallest absolute Gasteiger partial charge is 0.153 e. The fraction of sp³-hybridized carbons (Fsp3) is 0.632. The molecule has 1 fully saturated rings. The lowest BCUT2D eigenvalue weighted by Crippen LogP contribution is -2.41. The first-order chi connectivity index (χ1) is 11.3. The van der Waals surface area contributed by atoms with Crippen LogP contribution in [0.4, 0.5) is 5.69 Å². The molecule has 126 valence electrons. The first-order valence-electron chi connectivity index (χ1n) is 9.01. The minimum atomic E-state index is -0.0468. The number of para-hydroxylation sites is 1. The predicted octanol–water partition coefficient (Wildman–Crippen LogP) is 4.03. The third kappa shape index (κ3) is 4.10. The van der Waals surface area contributed by atoms with E-state index in [2.05, 4.69) is 41.0 Å². The molecule has 0 spiro atoms. The number of anilines is 1. The number of rotatable bonds is 7. The van der Waals surface area contributed by atoms with Gasteiger partial charge in [-0.25, -0.2) is 0 Å². The molecule has 1 saturated heterocycles. The van der Waals surface area contributed by atoms with Gasteiger partial charge in [-0.05, 0) is 44.0 Å². The number of likely N-dealkylation sites (tertiary alicyclic amines) is 1. The fourth-order valence-corrected chi connectivity index (χ4v) is 4.84. The molecule has 4 heteroatoms. The maximum atomic E-state index is 11.4. The van der Waals surface area contributed by atoms with E-state index in [0.29, 0.717) is 0 Å². The van der Waals surface area contributed by atoms with E-state index in [1.54, 1.807) is 11.8 Å². The summed E-state index contributed by atoms with van der Waals surface area (Å²) in [4.78, 5) is 17.5. The zero-order valence-corrected chi connectivity index (χ0v) is 14.9. The minimum Gasteiger partial charge on any atom is -0.351 e. The van der Waals surface area contributed by atoms with E-state index < -0.39 is 0 Å². The zero-order valence-electron chi connectivity index (χ0n) is 14.1. The standard InChI is InChI=1S/C19H28N2OS/c1-2-3-6-16-9-11-20(12-10-16)13-14-21-17-7-4-5-8-18(17)23-19(21)15-22/h4-5,7-8,15-16,19H,2-3,6,9-14H2,1H3. The van der Waals surface area contributed by atoms with Crippen molar-refractivity contribution in [1.29, 1.82) is 0 Å². The van der Waals surface area contributed by atoms with E-state index in [-0.39, 0.29) is 5.37 Å². The molecule has 1 unspecified atom stereocenters. The van der Waals surface area contributed by atoms with Gasteiger partial charge in [0.05, 0.1) is 5.69 Å². The van der Waals surface area contributed by atoms with Crippen LogP contribution in [0.3, 0.4) is 0 Å². The van der Waals surface area contributed by atoms with Crippen LogP contribution in [0.2, 0.25) is 0 Å². The number of aldehydes is 1. The summed E-state index contributed by atoms with van der Waals surface area (Å²) >= 11 is 1.68. The summed E-state index contributed by atoms with van der Waals surface area (Å²) in [5.41, 5.74) is 1.23. The summed E-state index contributed by atoms with van der Waals surface area (Å²) in [7, 11) is 0. The average Bonchev–Trinajstić information content (AvgIpc) is 2.97. The van der Waals surface area contributed by atoms with E-state index in [4.69, 9.17) is 0 Å². The number of hydrogen-bond donors (Lipinski definition) is 0. The fourth-order valence-electron chi connectivity index (χ4n) is 3.71. The highest BCUT2D eigenvalue weighted by Crippen LogP contribution is 2.42. The van der Waals surface area contributed by atoms with E-state index in [1.165, 1.54) is 55.8 Å². The van der Waals surface area contributed by atoms with Gasteiger partial charge in [0.25, 0.3) is 0 Å². The minimum absolute atomic E-state index is 0.0468. The largest absolute Gasteiger partial charge is 0.351 e. The number of nitrogens with zero attached hydrogens (tertiary/aromatic N) is 2. The van der Waals surface area contributed by atoms with E-state index in [9.17, 15) is 4.79 Å². The molecule has 0 aliphatic carbocycles. The number of carbonyl (C=O) groups excluding carboxylic acids is 1. The molecule has 23 heavy (non-hydrogen) atoms. The molecule has 2 aliphatic heterocycles. The Morgan fingerprint density at radius 2 is 2.00 bits per heavy atom. The van der Waals surface area contributed by atoms with Crippen molar-refractivity contribution in [2.75, 3.05) is 31.1 Å². The monoisotopic (exact) mass is 332 g/mol. The van der Waals surface area contributed by atoms with Crippen LogP contribution in [0.5, 0.6) is 0 Å². The van der Waals surface area contributed by atoms with E-state index in [1.807, 2.05) is 0 Å². The molecule has 3 nitrogen and oxygen atoms in total. The molecule has 2 aliphatic rings. The molecule has 2 heterocycles. The van der Waals surface area contributed by atoms with Gasteiger partial charge in [-0.3, -0.25) is 0 Å². The summed E-state index contributed by atoms with van der Waals surface area (Å²) in [6.45, 7) is 6.75. The van der Waals surface area contributed by atoms with Crippen LogP contribution < -0.4 is 4.90 Å². The Bertz CT molecular complexity index is 514. The molecule has 0 amide bonds. The number of thioether (sulfide) groups is 1. The molecule has 1 aromatic rings. The summed E-state index contributed by atoms with van der Waals surface area (Å²) in [5.74, 6) is 0.942. The number of carbonyl (C=O) groups is 1. The van der Waals surface area contributed by atoms with Gasteiger partial charge in [-0.1, -0.05) is 50.1 Å². The molecule has 0 aromatic heterocycles. The Morgan fingerprint density at radius 3 is 2.74 bits per heavy atom. The molecule has 0 radical (unpaired) electrons. The van der Waals surface area contributed by atoms with Crippen molar-refractivity contribution in [3.05, 3.63) is 24.3 Å². The van der Waals surface area contributed by atoms with Crippen molar-refractivity contribution in [3.63, 3.8) is 0 Å². The van der Waals surface area contributed by atoms with Crippen molar-refractivity contribution < 1.29 is 4.79 Å². The number of benzene rings is 1. The molecule has 1 aromatic carbocycles. The van der Waals surface area contributed by atoms with Crippen molar-refractivity contribution in [1.82, 2.24) is 4.90 Å². The Kier molecular flexibility index (Phi) is 6.01. The number of piperidine rings is 1. The molecule has 1 atom stereocenters. The normalized spacial score (nSPS) is 22.3. The highest BCUT2D eigenvalue weighted by Gasteiger charge is 2.29. The van der Waals surface area contributed by atoms with Crippen LogP contribution in [0, 0.1) is 5.92 Å². The van der Waals surface area contributed by atoms with Crippen LogP contribution in [0.25, 0.3) is 0 Å². The molecule has 3 rings (SSSR count). The van der Waals surface area contributed by atoms with Gasteiger partial charge >= 0.3 is 0 Å². The molecular weight excluding hydrogens is 304 g/mol. The van der Waals surface area contributed by atoms with E-state index in [0.717, 1.165) is 25.3 Å². The summed E-state index contributed by atoms with van der Waals surface area (Å²) < 4.78 is 0. The second kappa shape index (κ2) is 8.20. The van der Waals surface area contributed by atoms with Gasteiger partial charge in [0, 0.05) is 18.0 Å². The number of unbranched alkanes of at least 4 members (excludes halogenated alkanes) is 1. The van der Waals surface area contributed by atoms with Crippen molar-refractivity contribution in [2.45, 2.75) is 49.3 Å². The Morgan fingerprint density at radius 1 is 1.22 bits per heavy atom. The zero-order chi connectivity index (χ0) is 16.1. The van der Waals surface area contributed by atoms with Crippen LogP contribution in [-0.4, -0.2) is 42.7 Å². The average molecular weight is 333 g/mol. The van der Waals surface area contributed by atoms with Crippen LogP contribution >= 0.6 is 11.8 Å².